The molecule has 0 aromatic heterocycles. The highest BCUT2D eigenvalue weighted by atomic mass is 16.5. The van der Waals surface area contributed by atoms with Crippen molar-refractivity contribution in [1.82, 2.24) is 4.90 Å². The molecule has 2 saturated heterocycles. The second-order valence-electron chi connectivity index (χ2n) is 4.52. The van der Waals surface area contributed by atoms with Crippen LogP contribution < -0.4 is 0 Å². The Morgan fingerprint density at radius 2 is 2.43 bits per heavy atom. The molecule has 0 spiro atoms. The summed E-state index contributed by atoms with van der Waals surface area (Å²) in [6, 6.07) is 0. The van der Waals surface area contributed by atoms with E-state index in [1.807, 2.05) is 6.92 Å². The van der Waals surface area contributed by atoms with Crippen LogP contribution in [-0.2, 0) is 9.53 Å². The standard InChI is InChI=1S/C10H17NO3/c1-10(3-2-4-14-7-10)11-6-8(12)5-9(11)13/h8,12H,2-7H2,1H3. The zero-order valence-corrected chi connectivity index (χ0v) is 8.53. The Bertz CT molecular complexity index is 236. The second-order valence-corrected chi connectivity index (χ2v) is 4.52. The third-order valence-corrected chi connectivity index (χ3v) is 3.17. The van der Waals surface area contributed by atoms with E-state index >= 15 is 0 Å². The molecular formula is C10H17NO3. The van der Waals surface area contributed by atoms with Gasteiger partial charge in [0.05, 0.1) is 24.7 Å². The summed E-state index contributed by atoms with van der Waals surface area (Å²) >= 11 is 0. The van der Waals surface area contributed by atoms with Crippen molar-refractivity contribution in [2.75, 3.05) is 19.8 Å². The Labute approximate surface area is 83.8 Å². The normalized spacial score (nSPS) is 39.1. The van der Waals surface area contributed by atoms with E-state index in [0.717, 1.165) is 19.4 Å². The highest BCUT2D eigenvalue weighted by molar-refractivity contribution is 5.79. The molecule has 4 heteroatoms. The van der Waals surface area contributed by atoms with Gasteiger partial charge in [0.15, 0.2) is 0 Å². The number of aliphatic hydroxyl groups excluding tert-OH is 1. The summed E-state index contributed by atoms with van der Waals surface area (Å²) in [4.78, 5) is 13.4. The lowest BCUT2D eigenvalue weighted by Crippen LogP contribution is -2.52. The molecule has 2 aliphatic heterocycles. The zero-order valence-electron chi connectivity index (χ0n) is 8.53. The quantitative estimate of drug-likeness (QED) is 0.654. The number of likely N-dealkylation sites (tertiary alicyclic amines) is 1. The fourth-order valence-electron chi connectivity index (χ4n) is 2.34. The second kappa shape index (κ2) is 3.51. The predicted molar refractivity (Wildman–Crippen MR) is 50.8 cm³/mol. The van der Waals surface area contributed by atoms with Crippen LogP contribution in [-0.4, -0.2) is 47.3 Å². The number of rotatable bonds is 1. The summed E-state index contributed by atoms with van der Waals surface area (Å²) in [6.07, 6.45) is 1.76. The highest BCUT2D eigenvalue weighted by Gasteiger charge is 2.42. The molecule has 2 rings (SSSR count). The van der Waals surface area contributed by atoms with Gasteiger partial charge in [0.25, 0.3) is 0 Å². The minimum Gasteiger partial charge on any atom is -0.391 e. The number of hydrogen-bond donors (Lipinski definition) is 1. The van der Waals surface area contributed by atoms with Gasteiger partial charge in [-0.1, -0.05) is 0 Å². The molecule has 2 atom stereocenters. The van der Waals surface area contributed by atoms with Gasteiger partial charge in [-0.15, -0.1) is 0 Å². The van der Waals surface area contributed by atoms with Crippen molar-refractivity contribution < 1.29 is 14.6 Å². The first kappa shape index (κ1) is 9.93. The summed E-state index contributed by atoms with van der Waals surface area (Å²) in [5.41, 5.74) is -0.188. The third-order valence-electron chi connectivity index (χ3n) is 3.17. The number of nitrogens with zero attached hydrogens (tertiary/aromatic N) is 1. The van der Waals surface area contributed by atoms with E-state index in [9.17, 15) is 9.90 Å². The lowest BCUT2D eigenvalue weighted by molar-refractivity contribution is -0.137. The number of carbonyl (C=O) groups excluding carboxylic acids is 1. The van der Waals surface area contributed by atoms with Crippen molar-refractivity contribution in [3.8, 4) is 0 Å². The number of ether oxygens (including phenoxy) is 1. The van der Waals surface area contributed by atoms with E-state index in [1.54, 1.807) is 4.90 Å². The highest BCUT2D eigenvalue weighted by Crippen LogP contribution is 2.29. The largest absolute Gasteiger partial charge is 0.391 e. The van der Waals surface area contributed by atoms with Gasteiger partial charge < -0.3 is 14.7 Å². The van der Waals surface area contributed by atoms with Crippen LogP contribution in [0.25, 0.3) is 0 Å². The van der Waals surface area contributed by atoms with Gasteiger partial charge in [0.2, 0.25) is 5.91 Å². The topological polar surface area (TPSA) is 49.8 Å². The molecular weight excluding hydrogens is 182 g/mol. The average molecular weight is 199 g/mol. The molecule has 14 heavy (non-hydrogen) atoms. The lowest BCUT2D eigenvalue weighted by Gasteiger charge is -2.41. The third kappa shape index (κ3) is 1.64. The summed E-state index contributed by atoms with van der Waals surface area (Å²) in [7, 11) is 0. The molecule has 2 fully saturated rings. The first-order valence-electron chi connectivity index (χ1n) is 5.18. The van der Waals surface area contributed by atoms with Crippen molar-refractivity contribution in [2.24, 2.45) is 0 Å². The number of aliphatic hydroxyl groups is 1. The Balaban J connectivity index is 2.09. The van der Waals surface area contributed by atoms with Gasteiger partial charge in [0.1, 0.15) is 0 Å². The Hall–Kier alpha value is -0.610. The van der Waals surface area contributed by atoms with E-state index in [4.69, 9.17) is 4.74 Å². The molecule has 2 unspecified atom stereocenters. The fourth-order valence-corrected chi connectivity index (χ4v) is 2.34. The fraction of sp³-hybridized carbons (Fsp3) is 0.900. The molecule has 0 aliphatic carbocycles. The van der Waals surface area contributed by atoms with E-state index in [2.05, 4.69) is 0 Å². The molecule has 80 valence electrons. The molecule has 1 amide bonds. The van der Waals surface area contributed by atoms with Gasteiger partial charge in [-0.2, -0.15) is 0 Å². The van der Waals surface area contributed by atoms with E-state index in [0.29, 0.717) is 13.2 Å². The van der Waals surface area contributed by atoms with E-state index in [-0.39, 0.29) is 17.9 Å². The van der Waals surface area contributed by atoms with Crippen molar-refractivity contribution >= 4 is 5.91 Å². The zero-order chi connectivity index (χ0) is 10.2. The lowest BCUT2D eigenvalue weighted by atomic mass is 9.93. The monoisotopic (exact) mass is 199 g/mol. The van der Waals surface area contributed by atoms with Gasteiger partial charge >= 0.3 is 0 Å². The maximum atomic E-state index is 11.6. The first-order valence-corrected chi connectivity index (χ1v) is 5.18. The van der Waals surface area contributed by atoms with Crippen LogP contribution in [0.15, 0.2) is 0 Å². The van der Waals surface area contributed by atoms with Crippen LogP contribution in [0.2, 0.25) is 0 Å². The van der Waals surface area contributed by atoms with Crippen molar-refractivity contribution in [2.45, 2.75) is 37.8 Å². The van der Waals surface area contributed by atoms with Crippen LogP contribution in [0.3, 0.4) is 0 Å². The number of β-amino-alcohol motifs (C(OH)–C–C–N with tert-alkyl or cyclic N) is 1. The molecule has 0 bridgehead atoms. The average Bonchev–Trinajstić information content (AvgIpc) is 2.47. The van der Waals surface area contributed by atoms with Crippen molar-refractivity contribution in [3.05, 3.63) is 0 Å². The molecule has 0 aromatic rings. The van der Waals surface area contributed by atoms with Crippen LogP contribution in [0.4, 0.5) is 0 Å². The van der Waals surface area contributed by atoms with Crippen LogP contribution >= 0.6 is 0 Å². The smallest absolute Gasteiger partial charge is 0.225 e. The van der Waals surface area contributed by atoms with Crippen molar-refractivity contribution in [1.29, 1.82) is 0 Å². The first-order chi connectivity index (χ1) is 6.62. The number of amides is 1. The predicted octanol–water partition coefficient (Wildman–Crippen LogP) is 0.149. The summed E-state index contributed by atoms with van der Waals surface area (Å²) in [5.74, 6) is 0.0606. The molecule has 2 aliphatic rings. The number of carbonyl (C=O) groups is 1. The van der Waals surface area contributed by atoms with E-state index < -0.39 is 6.10 Å². The molecule has 0 aromatic carbocycles. The minimum absolute atomic E-state index is 0.0606. The van der Waals surface area contributed by atoms with Gasteiger partial charge in [-0.05, 0) is 19.8 Å². The van der Waals surface area contributed by atoms with Crippen LogP contribution in [0.5, 0.6) is 0 Å². The van der Waals surface area contributed by atoms with E-state index in [1.165, 1.54) is 0 Å². The van der Waals surface area contributed by atoms with Crippen LogP contribution in [0, 0.1) is 0 Å². The minimum atomic E-state index is -0.485. The molecule has 4 nitrogen and oxygen atoms in total. The molecule has 2 heterocycles. The Morgan fingerprint density at radius 1 is 1.64 bits per heavy atom. The summed E-state index contributed by atoms with van der Waals surface area (Å²) in [6.45, 7) is 3.91. The van der Waals surface area contributed by atoms with Gasteiger partial charge in [-0.3, -0.25) is 4.79 Å². The Kier molecular flexibility index (Phi) is 2.49. The maximum Gasteiger partial charge on any atom is 0.225 e. The maximum absolute atomic E-state index is 11.6. The Morgan fingerprint density at radius 3 is 2.93 bits per heavy atom. The molecule has 1 N–H and O–H groups in total. The summed E-state index contributed by atoms with van der Waals surface area (Å²) in [5, 5.41) is 9.41. The van der Waals surface area contributed by atoms with Gasteiger partial charge in [0, 0.05) is 13.2 Å². The SMILES string of the molecule is CC1(N2CC(O)CC2=O)CCCOC1. The number of hydrogen-bond acceptors (Lipinski definition) is 3. The molecule has 0 radical (unpaired) electrons. The molecule has 0 saturated carbocycles. The van der Waals surface area contributed by atoms with Crippen LogP contribution in [0.1, 0.15) is 26.2 Å². The summed E-state index contributed by atoms with van der Waals surface area (Å²) < 4.78 is 5.41. The van der Waals surface area contributed by atoms with Gasteiger partial charge in [-0.25, -0.2) is 0 Å². The van der Waals surface area contributed by atoms with Crippen molar-refractivity contribution in [3.63, 3.8) is 0 Å².